The minimum absolute atomic E-state index is 0.0957. The van der Waals surface area contributed by atoms with Crippen LogP contribution in [0.1, 0.15) is 83.3 Å². The first-order chi connectivity index (χ1) is 15.6. The lowest BCUT2D eigenvalue weighted by atomic mass is 9.90. The summed E-state index contributed by atoms with van der Waals surface area (Å²) in [4.78, 5) is 12.7. The van der Waals surface area contributed by atoms with Crippen molar-refractivity contribution in [2.75, 3.05) is 0 Å². The summed E-state index contributed by atoms with van der Waals surface area (Å²) in [6, 6.07) is 21.5. The molecular weight excluding hydrogens is 390 g/mol. The van der Waals surface area contributed by atoms with Crippen LogP contribution in [0.15, 0.2) is 72.4 Å². The fraction of sp³-hybridized carbons (Fsp3) is 0.433. The third-order valence-electron chi connectivity index (χ3n) is 6.53. The average Bonchev–Trinajstić information content (AvgIpc) is 2.98. The van der Waals surface area contributed by atoms with Gasteiger partial charge in [-0.15, -0.1) is 0 Å². The number of unbranched alkanes of at least 4 members (excludes halogenated alkanes) is 4. The van der Waals surface area contributed by atoms with Crippen LogP contribution in [-0.4, -0.2) is 11.8 Å². The summed E-state index contributed by atoms with van der Waals surface area (Å²) in [5.74, 6) is 0.517. The second-order valence-electron chi connectivity index (χ2n) is 9.19. The molecule has 1 aliphatic heterocycles. The van der Waals surface area contributed by atoms with E-state index >= 15 is 0 Å². The second kappa shape index (κ2) is 12.4. The van der Waals surface area contributed by atoms with Gasteiger partial charge in [0, 0.05) is 29.7 Å². The molecule has 0 aliphatic carbocycles. The number of Topliss-reactive ketones (excluding diaryl/α,β-unsaturated/α-hetero) is 1. The Morgan fingerprint density at radius 3 is 2.22 bits per heavy atom. The molecule has 2 heteroatoms. The van der Waals surface area contributed by atoms with Crippen LogP contribution in [0.5, 0.6) is 0 Å². The second-order valence-corrected chi connectivity index (χ2v) is 9.19. The van der Waals surface area contributed by atoms with Gasteiger partial charge in [0.05, 0.1) is 0 Å². The standard InChI is InChI=1S/C30H39NO/c1-4-5-6-7-14-19-29(32)23(2)22-27-20-21-28(25-15-10-8-11-16-25)30(24(3)31-27)26-17-12-9-13-18-26/h8-13,15-18,21,23,27,31H,4-7,14,19-20,22H2,1-3H3. The molecular formula is C30H39NO. The van der Waals surface area contributed by atoms with Gasteiger partial charge in [0.1, 0.15) is 5.78 Å². The van der Waals surface area contributed by atoms with Crippen LogP contribution < -0.4 is 5.32 Å². The summed E-state index contributed by atoms with van der Waals surface area (Å²) in [7, 11) is 0. The zero-order chi connectivity index (χ0) is 22.8. The predicted octanol–water partition coefficient (Wildman–Crippen LogP) is 7.82. The van der Waals surface area contributed by atoms with Crippen LogP contribution in [0.25, 0.3) is 11.1 Å². The lowest BCUT2D eigenvalue weighted by molar-refractivity contribution is -0.122. The molecule has 1 aliphatic rings. The monoisotopic (exact) mass is 429 g/mol. The van der Waals surface area contributed by atoms with Crippen LogP contribution in [0.3, 0.4) is 0 Å². The predicted molar refractivity (Wildman–Crippen MR) is 137 cm³/mol. The Bertz CT molecular complexity index is 910. The van der Waals surface area contributed by atoms with E-state index in [0.717, 1.165) is 25.7 Å². The molecule has 32 heavy (non-hydrogen) atoms. The van der Waals surface area contributed by atoms with Crippen molar-refractivity contribution in [3.8, 4) is 0 Å². The average molecular weight is 430 g/mol. The van der Waals surface area contributed by atoms with Crippen LogP contribution in [0.2, 0.25) is 0 Å². The molecule has 1 heterocycles. The van der Waals surface area contributed by atoms with E-state index in [2.05, 4.69) is 92.8 Å². The molecule has 2 aromatic carbocycles. The third kappa shape index (κ3) is 6.69. The highest BCUT2D eigenvalue weighted by molar-refractivity contribution is 6.06. The summed E-state index contributed by atoms with van der Waals surface area (Å²) in [5, 5.41) is 3.77. The molecule has 2 unspecified atom stereocenters. The number of benzene rings is 2. The molecule has 0 saturated heterocycles. The van der Waals surface area contributed by atoms with Crippen LogP contribution in [0.4, 0.5) is 0 Å². The Morgan fingerprint density at radius 2 is 1.56 bits per heavy atom. The van der Waals surface area contributed by atoms with E-state index in [0.29, 0.717) is 5.78 Å². The number of rotatable bonds is 11. The number of carbonyl (C=O) groups excluding carboxylic acids is 1. The van der Waals surface area contributed by atoms with Gasteiger partial charge < -0.3 is 5.32 Å². The van der Waals surface area contributed by atoms with Crippen molar-refractivity contribution in [2.45, 2.75) is 78.2 Å². The molecule has 0 aromatic heterocycles. The zero-order valence-corrected chi connectivity index (χ0v) is 20.1. The zero-order valence-electron chi connectivity index (χ0n) is 20.1. The lowest BCUT2D eigenvalue weighted by Gasteiger charge is -2.22. The maximum absolute atomic E-state index is 12.7. The topological polar surface area (TPSA) is 29.1 Å². The highest BCUT2D eigenvalue weighted by atomic mass is 16.1. The van der Waals surface area contributed by atoms with Crippen molar-refractivity contribution in [2.24, 2.45) is 5.92 Å². The summed E-state index contributed by atoms with van der Waals surface area (Å²) < 4.78 is 0. The first-order valence-electron chi connectivity index (χ1n) is 12.4. The van der Waals surface area contributed by atoms with E-state index in [4.69, 9.17) is 0 Å². The molecule has 0 bridgehead atoms. The van der Waals surface area contributed by atoms with Crippen LogP contribution in [0, 0.1) is 5.92 Å². The van der Waals surface area contributed by atoms with Crippen molar-refractivity contribution in [1.29, 1.82) is 0 Å². The smallest absolute Gasteiger partial charge is 0.135 e. The van der Waals surface area contributed by atoms with Crippen molar-refractivity contribution in [1.82, 2.24) is 5.32 Å². The summed E-state index contributed by atoms with van der Waals surface area (Å²) in [6.07, 6.45) is 10.9. The van der Waals surface area contributed by atoms with Gasteiger partial charge in [-0.3, -0.25) is 4.79 Å². The molecule has 1 N–H and O–H groups in total. The van der Waals surface area contributed by atoms with Gasteiger partial charge in [-0.2, -0.15) is 0 Å². The van der Waals surface area contributed by atoms with Crippen molar-refractivity contribution in [3.05, 3.63) is 83.6 Å². The Kier molecular flexibility index (Phi) is 9.34. The first-order valence-corrected chi connectivity index (χ1v) is 12.4. The van der Waals surface area contributed by atoms with E-state index in [1.54, 1.807) is 0 Å². The summed E-state index contributed by atoms with van der Waals surface area (Å²) in [6.45, 7) is 6.52. The summed E-state index contributed by atoms with van der Waals surface area (Å²) in [5.41, 5.74) is 6.19. The Morgan fingerprint density at radius 1 is 0.938 bits per heavy atom. The first kappa shape index (κ1) is 24.0. The maximum atomic E-state index is 12.7. The molecule has 3 rings (SSSR count). The van der Waals surface area contributed by atoms with Crippen molar-refractivity contribution >= 4 is 16.9 Å². The summed E-state index contributed by atoms with van der Waals surface area (Å²) >= 11 is 0. The van der Waals surface area contributed by atoms with Crippen LogP contribution >= 0.6 is 0 Å². The molecule has 2 atom stereocenters. The number of ketones is 1. The fourth-order valence-corrected chi connectivity index (χ4v) is 4.72. The number of hydrogen-bond acceptors (Lipinski definition) is 2. The Labute approximate surface area is 194 Å². The Balaban J connectivity index is 1.74. The van der Waals surface area contributed by atoms with Crippen LogP contribution in [-0.2, 0) is 4.79 Å². The highest BCUT2D eigenvalue weighted by Gasteiger charge is 2.23. The minimum atomic E-state index is 0.0957. The fourth-order valence-electron chi connectivity index (χ4n) is 4.72. The lowest BCUT2D eigenvalue weighted by Crippen LogP contribution is -2.30. The molecule has 0 spiro atoms. The van der Waals surface area contributed by atoms with Gasteiger partial charge in [0.15, 0.2) is 0 Å². The van der Waals surface area contributed by atoms with Gasteiger partial charge in [-0.05, 0) is 42.9 Å². The van der Waals surface area contributed by atoms with E-state index in [1.807, 2.05) is 0 Å². The van der Waals surface area contributed by atoms with E-state index in [-0.39, 0.29) is 12.0 Å². The van der Waals surface area contributed by atoms with Crippen molar-refractivity contribution in [3.63, 3.8) is 0 Å². The quantitative estimate of drug-likeness (QED) is 0.369. The molecule has 170 valence electrons. The number of nitrogens with one attached hydrogen (secondary N) is 1. The van der Waals surface area contributed by atoms with Gasteiger partial charge in [-0.25, -0.2) is 0 Å². The minimum Gasteiger partial charge on any atom is -0.385 e. The van der Waals surface area contributed by atoms with Gasteiger partial charge in [0.2, 0.25) is 0 Å². The molecule has 0 radical (unpaired) electrons. The number of hydrogen-bond donors (Lipinski definition) is 1. The van der Waals surface area contributed by atoms with Gasteiger partial charge >= 0.3 is 0 Å². The number of allylic oxidation sites excluding steroid dienone is 3. The molecule has 0 fully saturated rings. The van der Waals surface area contributed by atoms with Crippen molar-refractivity contribution < 1.29 is 4.79 Å². The largest absolute Gasteiger partial charge is 0.385 e. The van der Waals surface area contributed by atoms with E-state index in [1.165, 1.54) is 53.7 Å². The van der Waals surface area contributed by atoms with Gasteiger partial charge in [0.25, 0.3) is 0 Å². The SMILES string of the molecule is CCCCCCCC(=O)C(C)CC1CC=C(c2ccccc2)C(c2ccccc2)=C(C)N1. The Hall–Kier alpha value is -2.61. The molecule has 2 nitrogen and oxygen atoms in total. The normalized spacial score (nSPS) is 17.3. The highest BCUT2D eigenvalue weighted by Crippen LogP contribution is 2.36. The maximum Gasteiger partial charge on any atom is 0.135 e. The van der Waals surface area contributed by atoms with Gasteiger partial charge in [-0.1, -0.05) is 106 Å². The third-order valence-corrected chi connectivity index (χ3v) is 6.53. The van der Waals surface area contributed by atoms with E-state index < -0.39 is 0 Å². The molecule has 0 amide bonds. The molecule has 2 aromatic rings. The molecule has 0 saturated carbocycles. The van der Waals surface area contributed by atoms with E-state index in [9.17, 15) is 4.79 Å². The number of carbonyl (C=O) groups is 1.